The largest absolute Gasteiger partial charge is 0.475 e. The molecule has 0 fully saturated rings. The van der Waals surface area contributed by atoms with Crippen LogP contribution in [0.2, 0.25) is 5.02 Å². The minimum absolute atomic E-state index is 0.0337. The van der Waals surface area contributed by atoms with Crippen molar-refractivity contribution >= 4 is 23.4 Å². The van der Waals surface area contributed by atoms with Gasteiger partial charge in [0.25, 0.3) is 0 Å². The van der Waals surface area contributed by atoms with Gasteiger partial charge in [-0.2, -0.15) is 0 Å². The summed E-state index contributed by atoms with van der Waals surface area (Å²) in [6, 6.07) is 7.54. The van der Waals surface area contributed by atoms with E-state index < -0.39 is 11.8 Å². The number of ketones is 1. The molecule has 1 aromatic heterocycles. The van der Waals surface area contributed by atoms with E-state index >= 15 is 0 Å². The summed E-state index contributed by atoms with van der Waals surface area (Å²) in [6.45, 7) is 0.539. The van der Waals surface area contributed by atoms with Crippen molar-refractivity contribution < 1.29 is 14.7 Å². The highest BCUT2D eigenvalue weighted by molar-refractivity contribution is 6.38. The number of hydrogen-bond donors (Lipinski definition) is 1. The van der Waals surface area contributed by atoms with Crippen molar-refractivity contribution in [2.45, 2.75) is 19.4 Å². The third-order valence-electron chi connectivity index (χ3n) is 2.89. The Labute approximate surface area is 120 Å². The van der Waals surface area contributed by atoms with Gasteiger partial charge in [0.2, 0.25) is 0 Å². The van der Waals surface area contributed by atoms with Crippen LogP contribution in [0.4, 0.5) is 0 Å². The van der Waals surface area contributed by atoms with E-state index in [2.05, 4.69) is 4.98 Å². The van der Waals surface area contributed by atoms with E-state index in [1.54, 1.807) is 10.8 Å². The van der Waals surface area contributed by atoms with Gasteiger partial charge in [-0.15, -0.1) is 0 Å². The maximum atomic E-state index is 11.4. The molecule has 1 N–H and O–H groups in total. The lowest BCUT2D eigenvalue weighted by atomic mass is 10.1. The lowest BCUT2D eigenvalue weighted by Crippen LogP contribution is -2.18. The van der Waals surface area contributed by atoms with Gasteiger partial charge in [0.05, 0.1) is 0 Å². The number of benzene rings is 1. The number of hydrogen-bond acceptors (Lipinski definition) is 3. The highest BCUT2D eigenvalue weighted by atomic mass is 35.5. The number of carbonyl (C=O) groups is 2. The molecule has 5 nitrogen and oxygen atoms in total. The molecule has 20 heavy (non-hydrogen) atoms. The Bertz CT molecular complexity index is 620. The number of imidazole rings is 1. The molecule has 0 atom stereocenters. The summed E-state index contributed by atoms with van der Waals surface area (Å²) >= 11 is 5.81. The zero-order valence-electron chi connectivity index (χ0n) is 10.6. The number of rotatable bonds is 6. The average molecular weight is 293 g/mol. The van der Waals surface area contributed by atoms with Crippen molar-refractivity contribution in [1.82, 2.24) is 9.55 Å². The smallest absolute Gasteiger partial charge is 0.380 e. The summed E-state index contributed by atoms with van der Waals surface area (Å²) in [5.74, 6) is -2.51. The molecule has 0 radical (unpaired) electrons. The molecule has 0 saturated heterocycles. The normalized spacial score (nSPS) is 10.4. The van der Waals surface area contributed by atoms with Gasteiger partial charge in [-0.25, -0.2) is 9.78 Å². The van der Waals surface area contributed by atoms with Crippen LogP contribution in [-0.4, -0.2) is 26.4 Å². The summed E-state index contributed by atoms with van der Waals surface area (Å²) < 4.78 is 1.56. The van der Waals surface area contributed by atoms with Crippen molar-refractivity contribution in [1.29, 1.82) is 0 Å². The van der Waals surface area contributed by atoms with E-state index in [1.807, 2.05) is 24.3 Å². The zero-order chi connectivity index (χ0) is 14.5. The summed E-state index contributed by atoms with van der Waals surface area (Å²) in [5, 5.41) is 9.38. The molecule has 0 amide bonds. The number of aliphatic carboxylic acids is 1. The van der Waals surface area contributed by atoms with Gasteiger partial charge in [0, 0.05) is 24.0 Å². The second-order valence-electron chi connectivity index (χ2n) is 4.31. The van der Waals surface area contributed by atoms with Crippen LogP contribution < -0.4 is 0 Å². The average Bonchev–Trinajstić information content (AvgIpc) is 2.88. The second kappa shape index (κ2) is 6.34. The van der Waals surface area contributed by atoms with Crippen molar-refractivity contribution in [3.8, 4) is 0 Å². The summed E-state index contributed by atoms with van der Waals surface area (Å²) in [4.78, 5) is 25.9. The highest BCUT2D eigenvalue weighted by Crippen LogP contribution is 2.11. The quantitative estimate of drug-likeness (QED) is 0.655. The minimum Gasteiger partial charge on any atom is -0.475 e. The van der Waals surface area contributed by atoms with E-state index in [1.165, 1.54) is 6.20 Å². The van der Waals surface area contributed by atoms with Crippen LogP contribution >= 0.6 is 11.6 Å². The fourth-order valence-corrected chi connectivity index (χ4v) is 2.02. The zero-order valence-corrected chi connectivity index (χ0v) is 11.4. The Morgan fingerprint density at radius 3 is 2.60 bits per heavy atom. The van der Waals surface area contributed by atoms with Crippen LogP contribution in [0.15, 0.2) is 36.7 Å². The standard InChI is InChI=1S/C14H13ClN2O3/c15-11-5-3-10(4-6-11)2-1-8-17-9-7-16-13(17)12(18)14(19)20/h3-7,9H,1-2,8H2,(H,19,20). The van der Waals surface area contributed by atoms with E-state index in [0.717, 1.165) is 18.4 Å². The summed E-state index contributed by atoms with van der Waals surface area (Å²) in [7, 11) is 0. The van der Waals surface area contributed by atoms with E-state index in [-0.39, 0.29) is 5.82 Å². The van der Waals surface area contributed by atoms with Gasteiger partial charge in [0.1, 0.15) is 0 Å². The molecule has 0 saturated carbocycles. The molecular formula is C14H13ClN2O3. The summed E-state index contributed by atoms with van der Waals surface area (Å²) in [5.41, 5.74) is 1.14. The number of nitrogens with zero attached hydrogens (tertiary/aromatic N) is 2. The molecule has 6 heteroatoms. The molecule has 0 aliphatic heterocycles. The second-order valence-corrected chi connectivity index (χ2v) is 4.74. The molecular weight excluding hydrogens is 280 g/mol. The molecule has 0 aliphatic rings. The van der Waals surface area contributed by atoms with Crippen LogP contribution in [-0.2, 0) is 17.8 Å². The van der Waals surface area contributed by atoms with Crippen LogP contribution in [0.25, 0.3) is 0 Å². The monoisotopic (exact) mass is 292 g/mol. The first-order chi connectivity index (χ1) is 9.58. The Kier molecular flexibility index (Phi) is 4.53. The van der Waals surface area contributed by atoms with Gasteiger partial charge in [-0.3, -0.25) is 4.79 Å². The fraction of sp³-hybridized carbons (Fsp3) is 0.214. The van der Waals surface area contributed by atoms with Gasteiger partial charge in [-0.1, -0.05) is 23.7 Å². The Morgan fingerprint density at radius 2 is 1.95 bits per heavy atom. The van der Waals surface area contributed by atoms with Gasteiger partial charge in [-0.05, 0) is 30.5 Å². The van der Waals surface area contributed by atoms with E-state index in [9.17, 15) is 9.59 Å². The number of aromatic nitrogens is 2. The topological polar surface area (TPSA) is 72.2 Å². The predicted molar refractivity (Wildman–Crippen MR) is 74.0 cm³/mol. The molecule has 104 valence electrons. The van der Waals surface area contributed by atoms with Crippen molar-refractivity contribution in [3.05, 3.63) is 53.1 Å². The number of aryl methyl sites for hydroxylation is 2. The van der Waals surface area contributed by atoms with E-state index in [4.69, 9.17) is 16.7 Å². The lowest BCUT2D eigenvalue weighted by molar-refractivity contribution is -0.131. The van der Waals surface area contributed by atoms with Crippen LogP contribution in [0.5, 0.6) is 0 Å². The molecule has 2 rings (SSSR count). The van der Waals surface area contributed by atoms with Crippen molar-refractivity contribution in [3.63, 3.8) is 0 Å². The van der Waals surface area contributed by atoms with E-state index in [0.29, 0.717) is 11.6 Å². The Morgan fingerprint density at radius 1 is 1.25 bits per heavy atom. The number of carbonyl (C=O) groups excluding carboxylic acids is 1. The maximum Gasteiger partial charge on any atom is 0.380 e. The maximum absolute atomic E-state index is 11.4. The van der Waals surface area contributed by atoms with Gasteiger partial charge in [0.15, 0.2) is 5.82 Å². The van der Waals surface area contributed by atoms with Gasteiger partial charge >= 0.3 is 11.8 Å². The fourth-order valence-electron chi connectivity index (χ4n) is 1.90. The highest BCUT2D eigenvalue weighted by Gasteiger charge is 2.19. The van der Waals surface area contributed by atoms with Crippen LogP contribution in [0.1, 0.15) is 22.6 Å². The first-order valence-electron chi connectivity index (χ1n) is 6.11. The number of carboxylic acid groups (broad SMARTS) is 1. The third-order valence-corrected chi connectivity index (χ3v) is 3.14. The summed E-state index contributed by atoms with van der Waals surface area (Å²) in [6.07, 6.45) is 4.63. The molecule has 0 bridgehead atoms. The van der Waals surface area contributed by atoms with Crippen molar-refractivity contribution in [2.24, 2.45) is 0 Å². The van der Waals surface area contributed by atoms with Crippen LogP contribution in [0.3, 0.4) is 0 Å². The minimum atomic E-state index is -1.49. The molecule has 1 heterocycles. The molecule has 1 aromatic carbocycles. The third kappa shape index (κ3) is 3.45. The predicted octanol–water partition coefficient (Wildman–Crippen LogP) is 2.44. The SMILES string of the molecule is O=C(O)C(=O)c1nccn1CCCc1ccc(Cl)cc1. The lowest BCUT2D eigenvalue weighted by Gasteiger charge is -2.06. The number of carboxylic acids is 1. The first kappa shape index (κ1) is 14.3. The molecule has 0 spiro atoms. The van der Waals surface area contributed by atoms with Gasteiger partial charge < -0.3 is 9.67 Å². The van der Waals surface area contributed by atoms with Crippen molar-refractivity contribution in [2.75, 3.05) is 0 Å². The Balaban J connectivity index is 1.95. The number of Topliss-reactive ketones (excluding diaryl/α,β-unsaturated/α-hetero) is 1. The molecule has 0 unspecified atom stereocenters. The molecule has 2 aromatic rings. The first-order valence-corrected chi connectivity index (χ1v) is 6.49. The Hall–Kier alpha value is -2.14. The van der Waals surface area contributed by atoms with Crippen LogP contribution in [0, 0.1) is 0 Å². The molecule has 0 aliphatic carbocycles. The number of halogens is 1.